The first-order valence-corrected chi connectivity index (χ1v) is 10.6. The minimum absolute atomic E-state index is 0.114. The number of piperidine rings is 1. The topological polar surface area (TPSA) is 53.1 Å². The molecule has 1 aromatic heterocycles. The first-order valence-electron chi connectivity index (χ1n) is 10.6. The lowest BCUT2D eigenvalue weighted by Gasteiger charge is -2.35. The number of halogens is 2. The third-order valence-corrected chi connectivity index (χ3v) is 6.06. The van der Waals surface area contributed by atoms with Gasteiger partial charge < -0.3 is 10.6 Å². The first-order chi connectivity index (χ1) is 14.5. The molecule has 0 radical (unpaired) electrons. The highest BCUT2D eigenvalue weighted by molar-refractivity contribution is 5.72. The second kappa shape index (κ2) is 8.68. The van der Waals surface area contributed by atoms with E-state index in [1.54, 1.807) is 25.3 Å². The number of aromatic nitrogens is 2. The van der Waals surface area contributed by atoms with E-state index in [4.69, 9.17) is 0 Å². The van der Waals surface area contributed by atoms with Crippen LogP contribution in [0.5, 0.6) is 0 Å². The van der Waals surface area contributed by atoms with E-state index in [-0.39, 0.29) is 18.2 Å². The molecule has 1 aliphatic heterocycles. The van der Waals surface area contributed by atoms with Crippen LogP contribution in [-0.4, -0.2) is 47.6 Å². The first kappa shape index (κ1) is 20.7. The number of nitrogens with one attached hydrogen (secondary N) is 2. The maximum atomic E-state index is 14.8. The lowest BCUT2D eigenvalue weighted by Crippen LogP contribution is -2.43. The molecule has 1 aromatic carbocycles. The second-order valence-corrected chi connectivity index (χ2v) is 8.23. The van der Waals surface area contributed by atoms with Crippen molar-refractivity contribution in [3.8, 4) is 0 Å². The van der Waals surface area contributed by atoms with Gasteiger partial charge in [0.25, 0.3) is 5.92 Å². The van der Waals surface area contributed by atoms with Crippen LogP contribution in [-0.2, 0) is 5.92 Å². The molecule has 0 bridgehead atoms. The molecule has 1 saturated heterocycles. The van der Waals surface area contributed by atoms with Gasteiger partial charge in [0.1, 0.15) is 18.0 Å². The quantitative estimate of drug-likeness (QED) is 0.657. The maximum absolute atomic E-state index is 14.8. The lowest BCUT2D eigenvalue weighted by molar-refractivity contribution is -0.0421. The summed E-state index contributed by atoms with van der Waals surface area (Å²) in [5.41, 5.74) is 2.12. The van der Waals surface area contributed by atoms with Crippen molar-refractivity contribution in [2.24, 2.45) is 0 Å². The average Bonchev–Trinajstić information content (AvgIpc) is 3.60. The molecule has 0 amide bonds. The van der Waals surface area contributed by atoms with Gasteiger partial charge >= 0.3 is 0 Å². The van der Waals surface area contributed by atoms with Gasteiger partial charge in [-0.2, -0.15) is 8.78 Å². The number of nitrogens with zero attached hydrogens (tertiary/aromatic N) is 3. The summed E-state index contributed by atoms with van der Waals surface area (Å²) in [6.45, 7) is 4.85. The summed E-state index contributed by atoms with van der Waals surface area (Å²) < 4.78 is 29.6. The third-order valence-electron chi connectivity index (χ3n) is 6.06. The summed E-state index contributed by atoms with van der Waals surface area (Å²) in [7, 11) is 1.80. The van der Waals surface area contributed by atoms with Gasteiger partial charge in [-0.3, -0.25) is 4.90 Å². The van der Waals surface area contributed by atoms with Gasteiger partial charge in [0, 0.05) is 31.7 Å². The van der Waals surface area contributed by atoms with Crippen molar-refractivity contribution in [1.29, 1.82) is 0 Å². The monoisotopic (exact) mass is 413 g/mol. The molecule has 1 saturated carbocycles. The molecule has 30 heavy (non-hydrogen) atoms. The highest BCUT2D eigenvalue weighted by Gasteiger charge is 2.35. The van der Waals surface area contributed by atoms with Gasteiger partial charge in [0.2, 0.25) is 0 Å². The highest BCUT2D eigenvalue weighted by atomic mass is 19.3. The van der Waals surface area contributed by atoms with Gasteiger partial charge in [0.05, 0.1) is 12.1 Å². The minimum Gasteiger partial charge on any atom is -0.372 e. The smallest absolute Gasteiger partial charge is 0.285 e. The molecule has 2 aliphatic rings. The summed E-state index contributed by atoms with van der Waals surface area (Å²) in [5, 5.41) is 6.47. The average molecular weight is 414 g/mol. The number of likely N-dealkylation sites (tertiary alicyclic amines) is 1. The molecule has 5 nitrogen and oxygen atoms in total. The molecule has 2 fully saturated rings. The van der Waals surface area contributed by atoms with E-state index >= 15 is 0 Å². The van der Waals surface area contributed by atoms with Crippen LogP contribution in [0.2, 0.25) is 0 Å². The van der Waals surface area contributed by atoms with Crippen molar-refractivity contribution in [2.75, 3.05) is 37.3 Å². The molecule has 1 aliphatic carbocycles. The van der Waals surface area contributed by atoms with Crippen LogP contribution in [0.15, 0.2) is 37.2 Å². The highest BCUT2D eigenvalue weighted by Crippen LogP contribution is 2.41. The summed E-state index contributed by atoms with van der Waals surface area (Å²) in [6.07, 6.45) is 7.15. The Morgan fingerprint density at radius 3 is 2.37 bits per heavy atom. The van der Waals surface area contributed by atoms with E-state index in [0.717, 1.165) is 24.2 Å². The molecule has 0 atom stereocenters. The van der Waals surface area contributed by atoms with Crippen LogP contribution in [0, 0.1) is 0 Å². The van der Waals surface area contributed by atoms with E-state index in [1.807, 2.05) is 17.0 Å². The lowest BCUT2D eigenvalue weighted by atomic mass is 10.0. The zero-order chi connectivity index (χ0) is 21.1. The summed E-state index contributed by atoms with van der Waals surface area (Å²) in [4.78, 5) is 10.4. The molecule has 160 valence electrons. The predicted molar refractivity (Wildman–Crippen MR) is 117 cm³/mol. The van der Waals surface area contributed by atoms with E-state index in [2.05, 4.69) is 27.2 Å². The van der Waals surface area contributed by atoms with Gasteiger partial charge in [0.15, 0.2) is 0 Å². The maximum Gasteiger partial charge on any atom is 0.285 e. The number of rotatable bonds is 8. The van der Waals surface area contributed by atoms with Gasteiger partial charge in [-0.05, 0) is 37.2 Å². The largest absolute Gasteiger partial charge is 0.372 e. The van der Waals surface area contributed by atoms with E-state index in [1.165, 1.54) is 24.7 Å². The fraction of sp³-hybridized carbons (Fsp3) is 0.478. The number of hydrogen-bond donors (Lipinski definition) is 2. The standard InChI is InChI=1S/C23H29F2N5/c1-3-20-21(26-2)27-15-28-22(20)29-19-10-12-30(13-11-19)14-23(24,25)18-8-6-17(7-9-18)16-4-5-16/h3,6-9,15-16,19H,1,4-5,10-14H2,2H3,(H2,26,27,28,29). The van der Waals surface area contributed by atoms with Crippen LogP contribution in [0.25, 0.3) is 6.08 Å². The molecule has 0 unspecified atom stereocenters. The fourth-order valence-corrected chi connectivity index (χ4v) is 4.12. The summed E-state index contributed by atoms with van der Waals surface area (Å²) in [6, 6.07) is 7.14. The Balaban J connectivity index is 1.32. The van der Waals surface area contributed by atoms with E-state index < -0.39 is 5.92 Å². The van der Waals surface area contributed by atoms with Crippen LogP contribution in [0.1, 0.15) is 48.3 Å². The fourth-order valence-electron chi connectivity index (χ4n) is 4.12. The molecular formula is C23H29F2N5. The van der Waals surface area contributed by atoms with E-state index in [0.29, 0.717) is 24.8 Å². The SMILES string of the molecule is C=Cc1c(NC)ncnc1NC1CCN(CC(F)(F)c2ccc(C3CC3)cc2)CC1. The van der Waals surface area contributed by atoms with Gasteiger partial charge in [-0.1, -0.05) is 36.9 Å². The Morgan fingerprint density at radius 2 is 1.77 bits per heavy atom. The van der Waals surface area contributed by atoms with Crippen LogP contribution < -0.4 is 10.6 Å². The van der Waals surface area contributed by atoms with Crippen LogP contribution in [0.3, 0.4) is 0 Å². The Bertz CT molecular complexity index is 872. The second-order valence-electron chi connectivity index (χ2n) is 8.23. The summed E-state index contributed by atoms with van der Waals surface area (Å²) in [5.74, 6) is -0.816. The van der Waals surface area contributed by atoms with Crippen molar-refractivity contribution in [3.63, 3.8) is 0 Å². The van der Waals surface area contributed by atoms with Crippen molar-refractivity contribution in [2.45, 2.75) is 43.6 Å². The van der Waals surface area contributed by atoms with Crippen LogP contribution in [0.4, 0.5) is 20.4 Å². The zero-order valence-electron chi connectivity index (χ0n) is 17.4. The van der Waals surface area contributed by atoms with Gasteiger partial charge in [-0.25, -0.2) is 9.97 Å². The van der Waals surface area contributed by atoms with E-state index in [9.17, 15) is 8.78 Å². The zero-order valence-corrected chi connectivity index (χ0v) is 17.4. The Morgan fingerprint density at radius 1 is 1.10 bits per heavy atom. The molecule has 2 aromatic rings. The van der Waals surface area contributed by atoms with Gasteiger partial charge in [-0.15, -0.1) is 0 Å². The molecule has 2 N–H and O–H groups in total. The van der Waals surface area contributed by atoms with Crippen molar-refractivity contribution >= 4 is 17.7 Å². The predicted octanol–water partition coefficient (Wildman–Crippen LogP) is 4.71. The summed E-state index contributed by atoms with van der Waals surface area (Å²) >= 11 is 0. The third kappa shape index (κ3) is 4.61. The van der Waals surface area contributed by atoms with Crippen molar-refractivity contribution in [1.82, 2.24) is 14.9 Å². The number of anilines is 2. The molecule has 7 heteroatoms. The molecule has 4 rings (SSSR count). The molecular weight excluding hydrogens is 384 g/mol. The van der Waals surface area contributed by atoms with Crippen molar-refractivity contribution < 1.29 is 8.78 Å². The van der Waals surface area contributed by atoms with Crippen LogP contribution >= 0.6 is 0 Å². The molecule has 2 heterocycles. The number of hydrogen-bond acceptors (Lipinski definition) is 5. The molecule has 0 spiro atoms. The minimum atomic E-state index is -2.84. The number of benzene rings is 1. The Kier molecular flexibility index (Phi) is 5.99. The Labute approximate surface area is 176 Å². The Hall–Kier alpha value is -2.54. The normalized spacial score (nSPS) is 18.2. The van der Waals surface area contributed by atoms with Crippen molar-refractivity contribution in [3.05, 3.63) is 53.9 Å². The number of alkyl halides is 2.